The van der Waals surface area contributed by atoms with Crippen LogP contribution in [0, 0.1) is 10.1 Å². The molecule has 0 aromatic heterocycles. The van der Waals surface area contributed by atoms with Crippen molar-refractivity contribution in [3.63, 3.8) is 0 Å². The minimum Gasteiger partial charge on any atom is -0.375 e. The summed E-state index contributed by atoms with van der Waals surface area (Å²) >= 11 is 0. The van der Waals surface area contributed by atoms with E-state index in [9.17, 15) is 10.1 Å². The monoisotopic (exact) mass is 265 g/mol. The zero-order valence-electron chi connectivity index (χ0n) is 10.9. The molecule has 2 rings (SSSR count). The van der Waals surface area contributed by atoms with Gasteiger partial charge in [0, 0.05) is 44.9 Å². The van der Waals surface area contributed by atoms with Gasteiger partial charge in [-0.2, -0.15) is 0 Å². The fraction of sp³-hybridized carbons (Fsp3) is 0.538. The Kier molecular flexibility index (Phi) is 5.26. The fourth-order valence-corrected chi connectivity index (χ4v) is 2.03. The maximum absolute atomic E-state index is 10.5. The molecule has 104 valence electrons. The van der Waals surface area contributed by atoms with Gasteiger partial charge in [0.1, 0.15) is 0 Å². The lowest BCUT2D eigenvalue weighted by Crippen LogP contribution is -2.44. The number of hydrogen-bond acceptors (Lipinski definition) is 5. The van der Waals surface area contributed by atoms with E-state index in [-0.39, 0.29) is 5.69 Å². The topological polar surface area (TPSA) is 67.6 Å². The highest BCUT2D eigenvalue weighted by Gasteiger charge is 2.08. The average molecular weight is 265 g/mol. The minimum absolute atomic E-state index is 0.115. The van der Waals surface area contributed by atoms with E-state index in [1.54, 1.807) is 12.1 Å². The van der Waals surface area contributed by atoms with Crippen LogP contribution in [0.5, 0.6) is 0 Å². The predicted octanol–water partition coefficient (Wildman–Crippen LogP) is 1.02. The highest BCUT2D eigenvalue weighted by molar-refractivity contribution is 5.32. The molecule has 0 atom stereocenters. The average Bonchev–Trinajstić information content (AvgIpc) is 2.45. The molecule has 1 aromatic carbocycles. The van der Waals surface area contributed by atoms with E-state index in [4.69, 9.17) is 4.74 Å². The molecule has 0 spiro atoms. The molecule has 6 heteroatoms. The summed E-state index contributed by atoms with van der Waals surface area (Å²) in [6.07, 6.45) is 0. The molecule has 0 bridgehead atoms. The summed E-state index contributed by atoms with van der Waals surface area (Å²) in [6.45, 7) is 6.36. The van der Waals surface area contributed by atoms with Crippen molar-refractivity contribution in [3.05, 3.63) is 39.9 Å². The van der Waals surface area contributed by atoms with Gasteiger partial charge in [0.15, 0.2) is 0 Å². The third-order valence-electron chi connectivity index (χ3n) is 3.18. The highest BCUT2D eigenvalue weighted by Crippen LogP contribution is 2.12. The van der Waals surface area contributed by atoms with Gasteiger partial charge in [-0.3, -0.25) is 15.0 Å². The molecular weight excluding hydrogens is 246 g/mol. The maximum Gasteiger partial charge on any atom is 0.269 e. The lowest BCUT2D eigenvalue weighted by molar-refractivity contribution is -0.384. The predicted molar refractivity (Wildman–Crippen MR) is 72.1 cm³/mol. The lowest BCUT2D eigenvalue weighted by Gasteiger charge is -2.26. The van der Waals surface area contributed by atoms with E-state index in [2.05, 4.69) is 10.2 Å². The van der Waals surface area contributed by atoms with E-state index in [1.807, 2.05) is 0 Å². The van der Waals surface area contributed by atoms with Crippen molar-refractivity contribution >= 4 is 5.69 Å². The molecule has 0 aliphatic carbocycles. The van der Waals surface area contributed by atoms with E-state index >= 15 is 0 Å². The second-order valence-corrected chi connectivity index (χ2v) is 4.57. The molecule has 1 aromatic rings. The Labute approximate surface area is 112 Å². The van der Waals surface area contributed by atoms with E-state index in [0.29, 0.717) is 13.2 Å². The van der Waals surface area contributed by atoms with Gasteiger partial charge in [0.25, 0.3) is 5.69 Å². The summed E-state index contributed by atoms with van der Waals surface area (Å²) in [6, 6.07) is 6.50. The first-order chi connectivity index (χ1) is 9.25. The number of nitro benzene ring substituents is 1. The Bertz CT molecular complexity index is 402. The molecule has 1 saturated heterocycles. The van der Waals surface area contributed by atoms with Crippen molar-refractivity contribution in [1.82, 2.24) is 10.2 Å². The SMILES string of the molecule is O=[N+]([O-])c1ccc(COCCN2CCNCC2)cc1. The molecule has 0 radical (unpaired) electrons. The summed E-state index contributed by atoms with van der Waals surface area (Å²) in [5.41, 5.74) is 1.08. The van der Waals surface area contributed by atoms with E-state index in [1.165, 1.54) is 12.1 Å². The van der Waals surface area contributed by atoms with Crippen LogP contribution in [0.4, 0.5) is 5.69 Å². The number of non-ortho nitro benzene ring substituents is 1. The standard InChI is InChI=1S/C13H19N3O3/c17-16(18)13-3-1-12(2-4-13)11-19-10-9-15-7-5-14-6-8-15/h1-4,14H,5-11H2. The summed E-state index contributed by atoms with van der Waals surface area (Å²) < 4.78 is 5.59. The number of hydrogen-bond donors (Lipinski definition) is 1. The van der Waals surface area contributed by atoms with E-state index in [0.717, 1.165) is 38.3 Å². The number of ether oxygens (including phenoxy) is 1. The Morgan fingerprint density at radius 3 is 2.58 bits per heavy atom. The molecule has 6 nitrogen and oxygen atoms in total. The van der Waals surface area contributed by atoms with Crippen LogP contribution in [0.3, 0.4) is 0 Å². The van der Waals surface area contributed by atoms with Crippen molar-refractivity contribution in [1.29, 1.82) is 0 Å². The third-order valence-corrected chi connectivity index (χ3v) is 3.18. The van der Waals surface area contributed by atoms with Crippen molar-refractivity contribution in [3.8, 4) is 0 Å². The summed E-state index contributed by atoms with van der Waals surface area (Å²) in [7, 11) is 0. The first-order valence-electron chi connectivity index (χ1n) is 6.50. The van der Waals surface area contributed by atoms with Crippen LogP contribution < -0.4 is 5.32 Å². The molecule has 1 aliphatic heterocycles. The van der Waals surface area contributed by atoms with Crippen LogP contribution >= 0.6 is 0 Å². The largest absolute Gasteiger partial charge is 0.375 e. The summed E-state index contributed by atoms with van der Waals surface area (Å²) in [4.78, 5) is 12.5. The molecule has 1 aliphatic rings. The van der Waals surface area contributed by atoms with Crippen molar-refractivity contribution in [2.24, 2.45) is 0 Å². The van der Waals surface area contributed by atoms with Gasteiger partial charge in [-0.15, -0.1) is 0 Å². The van der Waals surface area contributed by atoms with Gasteiger partial charge >= 0.3 is 0 Å². The zero-order valence-corrected chi connectivity index (χ0v) is 10.9. The number of nitro groups is 1. The Morgan fingerprint density at radius 2 is 1.95 bits per heavy atom. The maximum atomic E-state index is 10.5. The molecule has 0 saturated carbocycles. The quantitative estimate of drug-likeness (QED) is 0.472. The molecule has 1 N–H and O–H groups in total. The molecule has 1 fully saturated rings. The Morgan fingerprint density at radius 1 is 1.26 bits per heavy atom. The molecule has 19 heavy (non-hydrogen) atoms. The molecule has 0 unspecified atom stereocenters. The van der Waals surface area contributed by atoms with Gasteiger partial charge < -0.3 is 10.1 Å². The normalized spacial score (nSPS) is 16.4. The summed E-state index contributed by atoms with van der Waals surface area (Å²) in [5.74, 6) is 0. The molecule has 1 heterocycles. The second kappa shape index (κ2) is 7.18. The number of rotatable bonds is 6. The first kappa shape index (κ1) is 13.9. The fourth-order valence-electron chi connectivity index (χ4n) is 2.03. The van der Waals surface area contributed by atoms with Crippen LogP contribution in [0.2, 0.25) is 0 Å². The highest BCUT2D eigenvalue weighted by atomic mass is 16.6. The lowest BCUT2D eigenvalue weighted by atomic mass is 10.2. The number of nitrogens with zero attached hydrogens (tertiary/aromatic N) is 2. The van der Waals surface area contributed by atoms with Crippen LogP contribution in [-0.4, -0.2) is 49.2 Å². The smallest absolute Gasteiger partial charge is 0.269 e. The Hall–Kier alpha value is -1.50. The van der Waals surface area contributed by atoms with Gasteiger partial charge in [0.2, 0.25) is 0 Å². The third kappa shape index (κ3) is 4.59. The van der Waals surface area contributed by atoms with Crippen LogP contribution in [0.15, 0.2) is 24.3 Å². The number of benzene rings is 1. The summed E-state index contributed by atoms with van der Waals surface area (Å²) in [5, 5.41) is 13.8. The number of nitrogens with one attached hydrogen (secondary N) is 1. The zero-order chi connectivity index (χ0) is 13.5. The van der Waals surface area contributed by atoms with Crippen LogP contribution in [0.1, 0.15) is 5.56 Å². The number of piperazine rings is 1. The first-order valence-corrected chi connectivity index (χ1v) is 6.50. The van der Waals surface area contributed by atoms with E-state index < -0.39 is 4.92 Å². The van der Waals surface area contributed by atoms with Crippen LogP contribution in [-0.2, 0) is 11.3 Å². The van der Waals surface area contributed by atoms with Crippen molar-refractivity contribution in [2.75, 3.05) is 39.3 Å². The van der Waals surface area contributed by atoms with Crippen molar-refractivity contribution in [2.45, 2.75) is 6.61 Å². The van der Waals surface area contributed by atoms with Gasteiger partial charge in [-0.25, -0.2) is 0 Å². The second-order valence-electron chi connectivity index (χ2n) is 4.57. The molecular formula is C13H19N3O3. The van der Waals surface area contributed by atoms with Crippen LogP contribution in [0.25, 0.3) is 0 Å². The van der Waals surface area contributed by atoms with Gasteiger partial charge in [-0.1, -0.05) is 0 Å². The Balaban J connectivity index is 1.66. The molecule has 0 amide bonds. The van der Waals surface area contributed by atoms with Crippen molar-refractivity contribution < 1.29 is 9.66 Å². The van der Waals surface area contributed by atoms with Gasteiger partial charge in [0.05, 0.1) is 18.1 Å². The van der Waals surface area contributed by atoms with Gasteiger partial charge in [-0.05, 0) is 17.7 Å². The minimum atomic E-state index is -0.394.